The molecule has 7 heteroatoms. The SMILES string of the molecule is C=C(C)/C=C\C=C(/CCC)N=C(CNc1nc(N)nc(C)c1C#N)N(C)C(CC)CCC. The van der Waals surface area contributed by atoms with Gasteiger partial charge in [0.05, 0.1) is 12.2 Å². The highest BCUT2D eigenvalue weighted by Gasteiger charge is 2.18. The van der Waals surface area contributed by atoms with Gasteiger partial charge in [-0.15, -0.1) is 0 Å². The van der Waals surface area contributed by atoms with Crippen LogP contribution >= 0.6 is 0 Å². The summed E-state index contributed by atoms with van der Waals surface area (Å²) in [5.74, 6) is 1.47. The van der Waals surface area contributed by atoms with E-state index in [1.807, 2.05) is 25.2 Å². The van der Waals surface area contributed by atoms with E-state index in [1.54, 1.807) is 6.92 Å². The Balaban J connectivity index is 3.35. The van der Waals surface area contributed by atoms with E-state index in [0.29, 0.717) is 29.7 Å². The second-order valence-corrected chi connectivity index (χ2v) is 7.96. The highest BCUT2D eigenvalue weighted by atomic mass is 15.2. The van der Waals surface area contributed by atoms with E-state index in [2.05, 4.69) is 60.7 Å². The molecule has 0 spiro atoms. The van der Waals surface area contributed by atoms with E-state index in [1.165, 1.54) is 0 Å². The molecule has 0 aliphatic carbocycles. The molecule has 7 nitrogen and oxygen atoms in total. The monoisotopic (exact) mass is 437 g/mol. The molecule has 1 heterocycles. The summed E-state index contributed by atoms with van der Waals surface area (Å²) in [6.07, 6.45) is 11.1. The highest BCUT2D eigenvalue weighted by Crippen LogP contribution is 2.18. The van der Waals surface area contributed by atoms with E-state index in [-0.39, 0.29) is 5.95 Å². The van der Waals surface area contributed by atoms with Crippen LogP contribution in [0.4, 0.5) is 11.8 Å². The Morgan fingerprint density at radius 2 is 2.03 bits per heavy atom. The van der Waals surface area contributed by atoms with Gasteiger partial charge in [0.1, 0.15) is 23.3 Å². The maximum Gasteiger partial charge on any atom is 0.222 e. The topological polar surface area (TPSA) is 103 Å². The van der Waals surface area contributed by atoms with Gasteiger partial charge in [0, 0.05) is 18.8 Å². The van der Waals surface area contributed by atoms with Crippen molar-refractivity contribution in [2.45, 2.75) is 72.8 Å². The van der Waals surface area contributed by atoms with Crippen LogP contribution in [0.1, 0.15) is 71.1 Å². The molecular formula is C25H39N7. The molecule has 0 bridgehead atoms. The lowest BCUT2D eigenvalue weighted by atomic mass is 10.1. The summed E-state index contributed by atoms with van der Waals surface area (Å²) in [7, 11) is 2.09. The number of likely N-dealkylation sites (N-methyl/N-ethyl adjacent to an activating group) is 1. The van der Waals surface area contributed by atoms with Crippen molar-refractivity contribution >= 4 is 17.6 Å². The first-order valence-corrected chi connectivity index (χ1v) is 11.4. The lowest BCUT2D eigenvalue weighted by Crippen LogP contribution is -2.40. The van der Waals surface area contributed by atoms with Crippen molar-refractivity contribution in [3.63, 3.8) is 0 Å². The number of rotatable bonds is 12. The van der Waals surface area contributed by atoms with Crippen molar-refractivity contribution in [2.75, 3.05) is 24.6 Å². The van der Waals surface area contributed by atoms with Crippen LogP contribution in [-0.4, -0.2) is 40.3 Å². The number of nitriles is 1. The summed E-state index contributed by atoms with van der Waals surface area (Å²) in [6, 6.07) is 2.55. The normalized spacial score (nSPS) is 13.2. The number of nitrogens with two attached hydrogens (primary N) is 1. The lowest BCUT2D eigenvalue weighted by Gasteiger charge is -2.31. The number of amidine groups is 1. The van der Waals surface area contributed by atoms with Crippen molar-refractivity contribution in [1.29, 1.82) is 5.26 Å². The molecule has 0 fully saturated rings. The standard InChI is InChI=1S/C25H39N7/c1-8-12-20(15-11-14-18(4)5)30-23(32(7)21(10-3)13-9-2)17-28-24-22(16-26)19(6)29-25(27)31-24/h11,14-15,21H,4,8-10,12-13,17H2,1-3,5-7H3,(H3,27,28,29,31)/b14-11-,20-15+,30-23?. The predicted octanol–water partition coefficient (Wildman–Crippen LogP) is 5.38. The Hall–Kier alpha value is -3.14. The molecule has 1 aromatic rings. The van der Waals surface area contributed by atoms with Crippen molar-refractivity contribution in [2.24, 2.45) is 4.99 Å². The Bertz CT molecular complexity index is 890. The molecule has 0 radical (unpaired) electrons. The molecule has 1 rings (SSSR count). The molecule has 0 amide bonds. The van der Waals surface area contributed by atoms with Gasteiger partial charge < -0.3 is 16.0 Å². The minimum absolute atomic E-state index is 0.143. The Morgan fingerprint density at radius 3 is 2.59 bits per heavy atom. The number of hydrogen-bond donors (Lipinski definition) is 2. The first-order valence-electron chi connectivity index (χ1n) is 11.4. The van der Waals surface area contributed by atoms with Gasteiger partial charge in [0.15, 0.2) is 0 Å². The molecule has 0 aliphatic heterocycles. The highest BCUT2D eigenvalue weighted by molar-refractivity contribution is 5.87. The van der Waals surface area contributed by atoms with Crippen LogP contribution in [0.25, 0.3) is 0 Å². The molecule has 0 aromatic carbocycles. The predicted molar refractivity (Wildman–Crippen MR) is 136 cm³/mol. The van der Waals surface area contributed by atoms with E-state index in [0.717, 1.165) is 49.2 Å². The zero-order valence-electron chi connectivity index (χ0n) is 20.6. The molecule has 0 saturated carbocycles. The maximum atomic E-state index is 9.54. The quantitative estimate of drug-likeness (QED) is 0.259. The molecule has 1 aromatic heterocycles. The van der Waals surface area contributed by atoms with Gasteiger partial charge in [-0.2, -0.15) is 10.2 Å². The maximum absolute atomic E-state index is 9.54. The van der Waals surface area contributed by atoms with Crippen LogP contribution in [0.5, 0.6) is 0 Å². The summed E-state index contributed by atoms with van der Waals surface area (Å²) in [4.78, 5) is 15.6. The molecule has 0 aliphatic rings. The summed E-state index contributed by atoms with van der Waals surface area (Å²) in [5.41, 5.74) is 8.77. The third-order valence-electron chi connectivity index (χ3n) is 5.13. The van der Waals surface area contributed by atoms with Gasteiger partial charge in [-0.25, -0.2) is 9.98 Å². The van der Waals surface area contributed by atoms with Gasteiger partial charge in [-0.05, 0) is 39.2 Å². The summed E-state index contributed by atoms with van der Waals surface area (Å²) in [6.45, 7) is 14.6. The van der Waals surface area contributed by atoms with Crippen LogP contribution in [0.2, 0.25) is 0 Å². The Kier molecular flexibility index (Phi) is 11.8. The second kappa shape index (κ2) is 14.0. The molecule has 0 saturated heterocycles. The van der Waals surface area contributed by atoms with Crippen LogP contribution in [0.15, 0.2) is 41.1 Å². The summed E-state index contributed by atoms with van der Waals surface area (Å²) in [5, 5.41) is 12.8. The van der Waals surface area contributed by atoms with Gasteiger partial charge >= 0.3 is 0 Å². The van der Waals surface area contributed by atoms with Crippen molar-refractivity contribution in [3.8, 4) is 6.07 Å². The van der Waals surface area contributed by atoms with Crippen LogP contribution in [0.3, 0.4) is 0 Å². The number of nitrogens with one attached hydrogen (secondary N) is 1. The number of nitrogen functional groups attached to an aromatic ring is 1. The van der Waals surface area contributed by atoms with E-state index in [9.17, 15) is 5.26 Å². The summed E-state index contributed by atoms with van der Waals surface area (Å²) < 4.78 is 0. The van der Waals surface area contributed by atoms with Crippen LogP contribution in [-0.2, 0) is 0 Å². The largest absolute Gasteiger partial charge is 0.368 e. The average molecular weight is 438 g/mol. The number of nitrogens with zero attached hydrogens (tertiary/aromatic N) is 5. The third kappa shape index (κ3) is 8.54. The molecule has 32 heavy (non-hydrogen) atoms. The smallest absolute Gasteiger partial charge is 0.222 e. The number of allylic oxidation sites excluding steroid dienone is 5. The molecule has 3 N–H and O–H groups in total. The Morgan fingerprint density at radius 1 is 1.31 bits per heavy atom. The van der Waals surface area contributed by atoms with Crippen molar-refractivity contribution < 1.29 is 0 Å². The zero-order valence-corrected chi connectivity index (χ0v) is 20.6. The lowest BCUT2D eigenvalue weighted by molar-refractivity contribution is 0.330. The zero-order chi connectivity index (χ0) is 24.1. The van der Waals surface area contributed by atoms with Crippen molar-refractivity contribution in [3.05, 3.63) is 47.3 Å². The number of aliphatic imine (C=N–C) groups is 1. The molecule has 1 unspecified atom stereocenters. The van der Waals surface area contributed by atoms with Gasteiger partial charge in [-0.1, -0.05) is 57.9 Å². The first kappa shape index (κ1) is 26.9. The van der Waals surface area contributed by atoms with Gasteiger partial charge in [0.25, 0.3) is 0 Å². The van der Waals surface area contributed by atoms with Gasteiger partial charge in [0.2, 0.25) is 5.95 Å². The Labute approximate surface area is 193 Å². The molecule has 1 atom stereocenters. The van der Waals surface area contributed by atoms with Crippen molar-refractivity contribution in [1.82, 2.24) is 14.9 Å². The summed E-state index contributed by atoms with van der Waals surface area (Å²) >= 11 is 0. The fraction of sp³-hybridized carbons (Fsp3) is 0.520. The average Bonchev–Trinajstić information content (AvgIpc) is 2.73. The van der Waals surface area contributed by atoms with Crippen LogP contribution < -0.4 is 11.1 Å². The number of aromatic nitrogens is 2. The molecular weight excluding hydrogens is 398 g/mol. The minimum Gasteiger partial charge on any atom is -0.368 e. The number of aryl methyl sites for hydroxylation is 1. The fourth-order valence-electron chi connectivity index (χ4n) is 3.40. The van der Waals surface area contributed by atoms with E-state index < -0.39 is 0 Å². The van der Waals surface area contributed by atoms with E-state index in [4.69, 9.17) is 10.7 Å². The number of anilines is 2. The third-order valence-corrected chi connectivity index (χ3v) is 5.13. The fourth-order valence-corrected chi connectivity index (χ4v) is 3.40. The number of hydrogen-bond acceptors (Lipinski definition) is 6. The van der Waals surface area contributed by atoms with Gasteiger partial charge in [-0.3, -0.25) is 0 Å². The van der Waals surface area contributed by atoms with E-state index >= 15 is 0 Å². The second-order valence-electron chi connectivity index (χ2n) is 7.96. The first-order chi connectivity index (χ1) is 15.3. The van der Waals surface area contributed by atoms with Crippen LogP contribution in [0, 0.1) is 18.3 Å². The molecule has 174 valence electrons. The minimum atomic E-state index is 0.143.